The van der Waals surface area contributed by atoms with Crippen LogP contribution in [0.25, 0.3) is 32.8 Å². The Morgan fingerprint density at radius 2 is 1.50 bits per heavy atom. The zero-order valence-electron chi connectivity index (χ0n) is 20.3. The van der Waals surface area contributed by atoms with E-state index in [1.54, 1.807) is 16.3 Å². The fourth-order valence-corrected chi connectivity index (χ4v) is 6.30. The van der Waals surface area contributed by atoms with Gasteiger partial charge in [0.05, 0.1) is 6.34 Å². The molecule has 0 spiro atoms. The number of hydrogen-bond donors (Lipinski definition) is 0. The number of nitrogens with zero attached hydrogens (tertiary/aromatic N) is 5. The minimum absolute atomic E-state index is 0. The van der Waals surface area contributed by atoms with Gasteiger partial charge in [0.15, 0.2) is 0 Å². The number of rotatable bonds is 2. The molecule has 0 radical (unpaired) electrons. The van der Waals surface area contributed by atoms with Crippen molar-refractivity contribution in [2.75, 3.05) is 16.8 Å². The van der Waals surface area contributed by atoms with E-state index in [1.165, 1.54) is 33.6 Å². The number of para-hydroxylation sites is 2. The molecule has 1 aromatic heterocycles. The Morgan fingerprint density at radius 3 is 2.16 bits per heavy atom. The Hall–Kier alpha value is -3.69. The normalized spacial score (nSPS) is 14.3. The quantitative estimate of drug-likeness (QED) is 0.209. The van der Waals surface area contributed by atoms with Gasteiger partial charge in [0.2, 0.25) is 0 Å². The van der Waals surface area contributed by atoms with Crippen LogP contribution in [0.15, 0.2) is 89.5 Å². The molecule has 4 heterocycles. The molecule has 0 unspecified atom stereocenters. The van der Waals surface area contributed by atoms with Crippen molar-refractivity contribution in [1.29, 1.82) is 0 Å². The average molecular weight is 599 g/mol. The predicted molar refractivity (Wildman–Crippen MR) is 153 cm³/mol. The van der Waals surface area contributed by atoms with Gasteiger partial charge in [-0.2, -0.15) is 28.9 Å². The predicted octanol–water partition coefficient (Wildman–Crippen LogP) is 5.13. The fourth-order valence-electron chi connectivity index (χ4n) is 5.68. The molecule has 8 rings (SSSR count). The summed E-state index contributed by atoms with van der Waals surface area (Å²) in [7, 11) is 1.93. The third-order valence-corrected chi connectivity index (χ3v) is 8.05. The van der Waals surface area contributed by atoms with Crippen molar-refractivity contribution in [2.24, 2.45) is 5.10 Å². The van der Waals surface area contributed by atoms with E-state index in [4.69, 9.17) is 0 Å². The zero-order valence-corrected chi connectivity index (χ0v) is 22.6. The van der Waals surface area contributed by atoms with Gasteiger partial charge in [0.1, 0.15) is 0 Å². The first kappa shape index (κ1) is 23.4. The average Bonchev–Trinajstić information content (AvgIpc) is 3.65. The number of hydrogen-bond acceptors (Lipinski definition) is 6. The van der Waals surface area contributed by atoms with Crippen molar-refractivity contribution in [1.82, 2.24) is 9.99 Å². The van der Waals surface area contributed by atoms with Gasteiger partial charge in [0.25, 0.3) is 6.85 Å². The van der Waals surface area contributed by atoms with Crippen molar-refractivity contribution >= 4 is 52.5 Å². The summed E-state index contributed by atoms with van der Waals surface area (Å²) in [5.41, 5.74) is 11.5. The molecule has 5 nitrogen and oxygen atoms in total. The first-order valence-electron chi connectivity index (χ1n) is 12.2. The Kier molecular flexibility index (Phi) is 5.52. The van der Waals surface area contributed by atoms with E-state index in [-0.39, 0.29) is 27.3 Å². The fraction of sp³-hybridized carbons (Fsp3) is 0.0333. The molecular weight excluding hydrogens is 580 g/mol. The van der Waals surface area contributed by atoms with Crippen LogP contribution in [0.3, 0.4) is 0 Å². The summed E-state index contributed by atoms with van der Waals surface area (Å²) in [6.45, 7) is 1.88. The Balaban J connectivity index is 0.00000242. The van der Waals surface area contributed by atoms with E-state index in [9.17, 15) is 0 Å². The first-order valence-corrected chi connectivity index (χ1v) is 13.0. The van der Waals surface area contributed by atoms with Crippen LogP contribution in [0.1, 0.15) is 0 Å². The third kappa shape index (κ3) is 3.41. The van der Waals surface area contributed by atoms with Crippen LogP contribution >= 0.6 is 11.3 Å². The molecule has 4 aromatic carbocycles. The summed E-state index contributed by atoms with van der Waals surface area (Å²) in [5, 5.41) is 9.16. The summed E-state index contributed by atoms with van der Waals surface area (Å²) in [6, 6.07) is 33.7. The van der Waals surface area contributed by atoms with Crippen molar-refractivity contribution < 1.29 is 20.4 Å². The van der Waals surface area contributed by atoms with Crippen molar-refractivity contribution in [3.05, 3.63) is 103 Å². The number of benzene rings is 4. The van der Waals surface area contributed by atoms with Crippen LogP contribution in [-0.4, -0.2) is 30.2 Å². The molecule has 8 heteroatoms. The molecule has 0 bridgehead atoms. The molecule has 5 aromatic rings. The standard InChI is InChI=1S/C30H19BN5S.Pd/c1-34-19-35(18-33-34)21-11-13-23-25-7-3-5-9-29(25)36-28-8-4-2-6-24(28)22-12-10-20(30-32-14-15-37-30)16-26(22)31(36)27(23)17-21;/h2-15,18-19H,1H3;/q-3;. The first-order chi connectivity index (χ1) is 18.3. The number of anilines is 3. The smallest absolute Gasteiger partial charge is 0.285 e. The third-order valence-electron chi connectivity index (χ3n) is 7.24. The van der Waals surface area contributed by atoms with Crippen LogP contribution < -0.4 is 20.6 Å². The monoisotopic (exact) mass is 598 g/mol. The van der Waals surface area contributed by atoms with Crippen molar-refractivity contribution in [3.63, 3.8) is 0 Å². The molecule has 0 saturated carbocycles. The molecule has 38 heavy (non-hydrogen) atoms. The second-order valence-corrected chi connectivity index (χ2v) is 10.2. The van der Waals surface area contributed by atoms with Crippen LogP contribution in [0.5, 0.6) is 0 Å². The van der Waals surface area contributed by atoms with Gasteiger partial charge in [0, 0.05) is 48.4 Å². The van der Waals surface area contributed by atoms with E-state index in [1.807, 2.05) is 36.5 Å². The number of thiazole rings is 1. The minimum atomic E-state index is -0.0769. The molecule has 0 saturated heterocycles. The Morgan fingerprint density at radius 1 is 0.816 bits per heavy atom. The summed E-state index contributed by atoms with van der Waals surface area (Å²) in [5.74, 6) is 0. The topological polar surface area (TPSA) is 35.0 Å². The second kappa shape index (κ2) is 8.95. The van der Waals surface area contributed by atoms with Gasteiger partial charge in [-0.15, -0.1) is 58.8 Å². The number of aromatic nitrogens is 1. The van der Waals surface area contributed by atoms with Gasteiger partial charge in [-0.1, -0.05) is 42.0 Å². The molecule has 0 amide bonds. The van der Waals surface area contributed by atoms with Crippen LogP contribution in [-0.2, 0) is 20.4 Å². The van der Waals surface area contributed by atoms with E-state index in [2.05, 4.69) is 99.8 Å². The van der Waals surface area contributed by atoms with Gasteiger partial charge in [-0.05, 0) is 24.7 Å². The van der Waals surface area contributed by atoms with Gasteiger partial charge in [-0.3, -0.25) is 4.98 Å². The molecule has 0 atom stereocenters. The molecular formula is C30H19BN5PdS-3. The molecule has 3 aliphatic rings. The summed E-state index contributed by atoms with van der Waals surface area (Å²) in [6.07, 6.45) is 3.68. The summed E-state index contributed by atoms with van der Waals surface area (Å²) >= 11 is 1.64. The van der Waals surface area contributed by atoms with E-state index in [0.717, 1.165) is 27.2 Å². The van der Waals surface area contributed by atoms with Crippen LogP contribution in [0, 0.1) is 18.8 Å². The Labute approximate surface area is 239 Å². The van der Waals surface area contributed by atoms with Gasteiger partial charge in [-0.25, -0.2) is 5.10 Å². The second-order valence-electron chi connectivity index (χ2n) is 9.34. The number of fused-ring (bicyclic) bond motifs is 11. The summed E-state index contributed by atoms with van der Waals surface area (Å²) in [4.78, 5) is 9.05. The minimum Gasteiger partial charge on any atom is -0.483 e. The van der Waals surface area contributed by atoms with E-state index >= 15 is 0 Å². The van der Waals surface area contributed by atoms with Crippen LogP contribution in [0.4, 0.5) is 17.1 Å². The maximum Gasteiger partial charge on any atom is 0.285 e. The molecule has 0 N–H and O–H groups in total. The summed E-state index contributed by atoms with van der Waals surface area (Å²) < 4.78 is 0. The van der Waals surface area contributed by atoms with Crippen molar-refractivity contribution in [3.8, 4) is 32.8 Å². The van der Waals surface area contributed by atoms with Gasteiger partial charge < -0.3 is 14.7 Å². The van der Waals surface area contributed by atoms with Crippen LogP contribution in [0.2, 0.25) is 0 Å². The molecule has 0 aliphatic carbocycles. The largest absolute Gasteiger partial charge is 0.483 e. The zero-order chi connectivity index (χ0) is 24.5. The molecule has 3 aliphatic heterocycles. The maximum atomic E-state index is 4.57. The van der Waals surface area contributed by atoms with Crippen molar-refractivity contribution in [2.45, 2.75) is 0 Å². The molecule has 186 valence electrons. The maximum absolute atomic E-state index is 4.57. The van der Waals surface area contributed by atoms with E-state index in [0.29, 0.717) is 0 Å². The Bertz CT molecular complexity index is 1720. The SMILES string of the molecule is CN1[CH-]N(c2[c-]c3c(cc2)-c2ccccc2N2B3c3[c-]c(-c4nccs4)ccc3-c3ccccc32)C=N1.[Pd]. The van der Waals surface area contributed by atoms with E-state index < -0.39 is 0 Å². The molecule has 0 fully saturated rings. The van der Waals surface area contributed by atoms with Gasteiger partial charge >= 0.3 is 0 Å². The number of hydrazone groups is 1.